The molecule has 2 bridgehead atoms. The number of nitro benzene ring substituents is 1. The van der Waals surface area contributed by atoms with Gasteiger partial charge < -0.3 is 5.32 Å². The maximum atomic E-state index is 12.3. The average Bonchev–Trinajstić information content (AvgIpc) is 3.09. The fourth-order valence-corrected chi connectivity index (χ4v) is 4.12. The molecule has 5 nitrogen and oxygen atoms in total. The van der Waals surface area contributed by atoms with Crippen LogP contribution >= 0.6 is 0 Å². The fraction of sp³-hybridized carbons (Fsp3) is 0.562. The molecule has 112 valence electrons. The van der Waals surface area contributed by atoms with Crippen molar-refractivity contribution in [1.29, 1.82) is 0 Å². The van der Waals surface area contributed by atoms with Crippen molar-refractivity contribution in [3.63, 3.8) is 0 Å². The Balaban J connectivity index is 1.70. The minimum Gasteiger partial charge on any atom is -0.349 e. The molecule has 1 N–H and O–H groups in total. The first-order valence-corrected chi connectivity index (χ1v) is 7.60. The lowest BCUT2D eigenvalue weighted by atomic mass is 9.84. The number of carbonyl (C=O) groups is 1. The van der Waals surface area contributed by atoms with E-state index in [2.05, 4.69) is 5.32 Å². The highest BCUT2D eigenvalue weighted by Crippen LogP contribution is 2.49. The number of para-hydroxylation sites is 1. The second-order valence-corrected chi connectivity index (χ2v) is 6.38. The first kappa shape index (κ1) is 14.0. The normalized spacial score (nSPS) is 28.3. The van der Waals surface area contributed by atoms with E-state index in [1.807, 2.05) is 6.92 Å². The van der Waals surface area contributed by atoms with Gasteiger partial charge in [-0.25, -0.2) is 0 Å². The number of nitrogens with one attached hydrogen (secondary N) is 1. The Hall–Kier alpha value is -1.91. The van der Waals surface area contributed by atoms with E-state index in [-0.39, 0.29) is 23.2 Å². The Morgan fingerprint density at radius 1 is 1.33 bits per heavy atom. The average molecular weight is 288 g/mol. The van der Waals surface area contributed by atoms with Crippen molar-refractivity contribution < 1.29 is 9.72 Å². The van der Waals surface area contributed by atoms with Crippen molar-refractivity contribution >= 4 is 11.6 Å². The standard InChI is InChI=1S/C16H20N2O3/c1-10(14-9-11-6-7-12(14)8-11)17-16(19)13-4-2-3-5-15(13)18(20)21/h2-5,10-12,14H,6-9H2,1H3,(H,17,19)/t10-,11-,12+,14-/m0/s1. The summed E-state index contributed by atoms with van der Waals surface area (Å²) < 4.78 is 0. The Morgan fingerprint density at radius 2 is 2.10 bits per heavy atom. The van der Waals surface area contributed by atoms with Crippen molar-refractivity contribution in [2.45, 2.75) is 38.6 Å². The molecule has 2 fully saturated rings. The number of carbonyl (C=O) groups excluding carboxylic acids is 1. The highest BCUT2D eigenvalue weighted by Gasteiger charge is 2.42. The van der Waals surface area contributed by atoms with Gasteiger partial charge in [0.25, 0.3) is 11.6 Å². The number of nitrogens with zero attached hydrogens (tertiary/aromatic N) is 1. The third-order valence-electron chi connectivity index (χ3n) is 5.14. The smallest absolute Gasteiger partial charge is 0.282 e. The van der Waals surface area contributed by atoms with Gasteiger partial charge in [0.2, 0.25) is 0 Å². The Morgan fingerprint density at radius 3 is 2.71 bits per heavy atom. The monoisotopic (exact) mass is 288 g/mol. The number of hydrogen-bond acceptors (Lipinski definition) is 3. The Kier molecular flexibility index (Phi) is 3.66. The molecule has 0 heterocycles. The summed E-state index contributed by atoms with van der Waals surface area (Å²) in [4.78, 5) is 22.8. The summed E-state index contributed by atoms with van der Waals surface area (Å²) in [7, 11) is 0. The van der Waals surface area contributed by atoms with E-state index in [1.165, 1.54) is 37.8 Å². The summed E-state index contributed by atoms with van der Waals surface area (Å²) in [6, 6.07) is 6.20. The van der Waals surface area contributed by atoms with Crippen LogP contribution < -0.4 is 5.32 Å². The molecule has 2 saturated carbocycles. The van der Waals surface area contributed by atoms with Crippen LogP contribution in [0.3, 0.4) is 0 Å². The van der Waals surface area contributed by atoms with Gasteiger partial charge in [0, 0.05) is 12.1 Å². The van der Waals surface area contributed by atoms with E-state index in [1.54, 1.807) is 12.1 Å². The summed E-state index contributed by atoms with van der Waals surface area (Å²) in [5, 5.41) is 14.0. The number of rotatable bonds is 4. The number of benzene rings is 1. The van der Waals surface area contributed by atoms with Crippen LogP contribution in [-0.2, 0) is 0 Å². The van der Waals surface area contributed by atoms with Crippen molar-refractivity contribution in [3.05, 3.63) is 39.9 Å². The van der Waals surface area contributed by atoms with Gasteiger partial charge in [0.1, 0.15) is 5.56 Å². The van der Waals surface area contributed by atoms with E-state index in [0.717, 1.165) is 11.8 Å². The SMILES string of the molecule is C[C@H](NC(=O)c1ccccc1[N+](=O)[O-])[C@@H]1C[C@H]2CC[C@@H]1C2. The molecule has 0 saturated heterocycles. The number of fused-ring (bicyclic) bond motifs is 2. The lowest BCUT2D eigenvalue weighted by Gasteiger charge is -2.28. The molecule has 3 rings (SSSR count). The minimum absolute atomic E-state index is 0.0765. The molecule has 0 aromatic heterocycles. The van der Waals surface area contributed by atoms with Gasteiger partial charge in [-0.15, -0.1) is 0 Å². The lowest BCUT2D eigenvalue weighted by Crippen LogP contribution is -2.40. The third-order valence-corrected chi connectivity index (χ3v) is 5.14. The maximum Gasteiger partial charge on any atom is 0.282 e. The van der Waals surface area contributed by atoms with E-state index < -0.39 is 4.92 Å². The predicted molar refractivity (Wildman–Crippen MR) is 79.0 cm³/mol. The second kappa shape index (κ2) is 5.47. The molecule has 1 amide bonds. The molecular formula is C16H20N2O3. The first-order chi connectivity index (χ1) is 10.1. The van der Waals surface area contributed by atoms with Crippen LogP contribution in [0.5, 0.6) is 0 Å². The molecule has 2 aliphatic rings. The summed E-state index contributed by atoms with van der Waals surface area (Å²) in [6.45, 7) is 2.03. The summed E-state index contributed by atoms with van der Waals surface area (Å²) in [5.41, 5.74) is 0.0210. The van der Waals surface area contributed by atoms with E-state index >= 15 is 0 Å². The molecular weight excluding hydrogens is 268 g/mol. The van der Waals surface area contributed by atoms with E-state index in [4.69, 9.17) is 0 Å². The third kappa shape index (κ3) is 2.64. The highest BCUT2D eigenvalue weighted by molar-refractivity contribution is 5.98. The van der Waals surface area contributed by atoms with Crippen molar-refractivity contribution in [2.75, 3.05) is 0 Å². The highest BCUT2D eigenvalue weighted by atomic mass is 16.6. The largest absolute Gasteiger partial charge is 0.349 e. The molecule has 0 unspecified atom stereocenters. The molecule has 1 aromatic carbocycles. The van der Waals surface area contributed by atoms with Crippen LogP contribution in [-0.4, -0.2) is 16.9 Å². The Labute approximate surface area is 123 Å². The van der Waals surface area contributed by atoms with Crippen molar-refractivity contribution in [1.82, 2.24) is 5.32 Å². The number of hydrogen-bond donors (Lipinski definition) is 1. The van der Waals surface area contributed by atoms with Crippen LogP contribution in [0.1, 0.15) is 43.0 Å². The van der Waals surface area contributed by atoms with Gasteiger partial charge in [-0.2, -0.15) is 0 Å². The second-order valence-electron chi connectivity index (χ2n) is 6.38. The topological polar surface area (TPSA) is 72.2 Å². The lowest BCUT2D eigenvalue weighted by molar-refractivity contribution is -0.385. The molecule has 21 heavy (non-hydrogen) atoms. The van der Waals surface area contributed by atoms with Crippen molar-refractivity contribution in [2.24, 2.45) is 17.8 Å². The number of amides is 1. The summed E-state index contributed by atoms with van der Waals surface area (Å²) >= 11 is 0. The molecule has 4 atom stereocenters. The molecule has 0 aliphatic heterocycles. The van der Waals surface area contributed by atoms with Crippen molar-refractivity contribution in [3.8, 4) is 0 Å². The van der Waals surface area contributed by atoms with Crippen LogP contribution in [0, 0.1) is 27.9 Å². The number of nitro groups is 1. The van der Waals surface area contributed by atoms with Crippen LogP contribution in [0.15, 0.2) is 24.3 Å². The molecule has 5 heteroatoms. The maximum absolute atomic E-state index is 12.3. The molecule has 1 aromatic rings. The van der Waals surface area contributed by atoms with Gasteiger partial charge in [0.15, 0.2) is 0 Å². The van der Waals surface area contributed by atoms with Gasteiger partial charge >= 0.3 is 0 Å². The molecule has 0 spiro atoms. The zero-order chi connectivity index (χ0) is 15.0. The fourth-order valence-electron chi connectivity index (χ4n) is 4.12. The molecule has 0 radical (unpaired) electrons. The predicted octanol–water partition coefficient (Wildman–Crippen LogP) is 3.15. The van der Waals surface area contributed by atoms with E-state index in [0.29, 0.717) is 5.92 Å². The van der Waals surface area contributed by atoms with Gasteiger partial charge in [-0.3, -0.25) is 14.9 Å². The van der Waals surface area contributed by atoms with Gasteiger partial charge in [0.05, 0.1) is 4.92 Å². The zero-order valence-electron chi connectivity index (χ0n) is 12.1. The quantitative estimate of drug-likeness (QED) is 0.683. The van der Waals surface area contributed by atoms with Crippen LogP contribution in [0.4, 0.5) is 5.69 Å². The van der Waals surface area contributed by atoms with E-state index in [9.17, 15) is 14.9 Å². The summed E-state index contributed by atoms with van der Waals surface area (Å²) in [6.07, 6.45) is 5.06. The zero-order valence-corrected chi connectivity index (χ0v) is 12.1. The van der Waals surface area contributed by atoms with Gasteiger partial charge in [-0.05, 0) is 50.0 Å². The minimum atomic E-state index is -0.503. The first-order valence-electron chi connectivity index (χ1n) is 7.60. The van der Waals surface area contributed by atoms with Crippen LogP contribution in [0.2, 0.25) is 0 Å². The van der Waals surface area contributed by atoms with Gasteiger partial charge in [-0.1, -0.05) is 18.6 Å². The molecule has 2 aliphatic carbocycles. The van der Waals surface area contributed by atoms with Crippen LogP contribution in [0.25, 0.3) is 0 Å². The summed E-state index contributed by atoms with van der Waals surface area (Å²) in [5.74, 6) is 1.73. The Bertz CT molecular complexity index is 572.